The van der Waals surface area contributed by atoms with E-state index in [-0.39, 0.29) is 12.2 Å². The standard InChI is InChI=1S/C8H7ClFNO4S/c9-16(13,14)11-8(12)15-5-6-3-1-2-4-7(6)10/h1-4H,5H2,(H,11,12). The van der Waals surface area contributed by atoms with Crippen molar-refractivity contribution in [3.05, 3.63) is 35.6 Å². The number of rotatable bonds is 3. The maximum Gasteiger partial charge on any atom is 0.422 e. The highest BCUT2D eigenvalue weighted by molar-refractivity contribution is 8.12. The summed E-state index contributed by atoms with van der Waals surface area (Å²) in [5.74, 6) is -0.552. The molecular weight excluding hydrogens is 261 g/mol. The second kappa shape index (κ2) is 5.13. The van der Waals surface area contributed by atoms with Crippen molar-refractivity contribution in [1.29, 1.82) is 0 Å². The van der Waals surface area contributed by atoms with Crippen LogP contribution in [-0.4, -0.2) is 14.5 Å². The summed E-state index contributed by atoms with van der Waals surface area (Å²) in [7, 11) is 0.543. The van der Waals surface area contributed by atoms with Crippen molar-refractivity contribution in [2.24, 2.45) is 0 Å². The van der Waals surface area contributed by atoms with Crippen molar-refractivity contribution < 1.29 is 22.3 Å². The molecule has 0 radical (unpaired) electrons. The minimum Gasteiger partial charge on any atom is -0.444 e. The highest BCUT2D eigenvalue weighted by Crippen LogP contribution is 2.07. The van der Waals surface area contributed by atoms with Gasteiger partial charge in [-0.15, -0.1) is 0 Å². The largest absolute Gasteiger partial charge is 0.444 e. The lowest BCUT2D eigenvalue weighted by molar-refractivity contribution is 0.145. The van der Waals surface area contributed by atoms with Crippen LogP contribution >= 0.6 is 10.7 Å². The molecule has 1 N–H and O–H groups in total. The van der Waals surface area contributed by atoms with Gasteiger partial charge in [0.15, 0.2) is 0 Å². The molecule has 0 unspecified atom stereocenters. The maximum absolute atomic E-state index is 13.0. The van der Waals surface area contributed by atoms with Crippen LogP contribution in [0.1, 0.15) is 5.56 Å². The first-order chi connectivity index (χ1) is 7.38. The molecule has 16 heavy (non-hydrogen) atoms. The molecule has 88 valence electrons. The number of benzene rings is 1. The van der Waals surface area contributed by atoms with Gasteiger partial charge in [-0.05, 0) is 6.07 Å². The van der Waals surface area contributed by atoms with E-state index in [0.29, 0.717) is 0 Å². The fourth-order valence-electron chi connectivity index (χ4n) is 0.888. The van der Waals surface area contributed by atoms with Crippen molar-refractivity contribution in [2.75, 3.05) is 0 Å². The molecule has 0 aliphatic rings. The van der Waals surface area contributed by atoms with Crippen molar-refractivity contribution in [2.45, 2.75) is 6.61 Å². The monoisotopic (exact) mass is 267 g/mol. The molecule has 1 aromatic carbocycles. The third-order valence-electron chi connectivity index (χ3n) is 1.52. The Balaban J connectivity index is 2.53. The molecule has 1 amide bonds. The summed E-state index contributed by atoms with van der Waals surface area (Å²) in [5.41, 5.74) is 0.129. The third kappa shape index (κ3) is 4.45. The molecule has 8 heteroatoms. The van der Waals surface area contributed by atoms with E-state index in [1.165, 1.54) is 22.9 Å². The van der Waals surface area contributed by atoms with Crippen molar-refractivity contribution in [1.82, 2.24) is 4.72 Å². The van der Waals surface area contributed by atoms with Gasteiger partial charge in [0.05, 0.1) is 0 Å². The van der Waals surface area contributed by atoms with E-state index in [0.717, 1.165) is 0 Å². The summed E-state index contributed by atoms with van der Waals surface area (Å²) in [6.07, 6.45) is -1.27. The van der Waals surface area contributed by atoms with Crippen LogP contribution in [-0.2, 0) is 20.6 Å². The fraction of sp³-hybridized carbons (Fsp3) is 0.125. The quantitative estimate of drug-likeness (QED) is 0.843. The molecule has 1 aromatic rings. The predicted octanol–water partition coefficient (Wildman–Crippen LogP) is 1.54. The summed E-state index contributed by atoms with van der Waals surface area (Å²) >= 11 is 0. The van der Waals surface area contributed by atoms with Crippen LogP contribution in [0.5, 0.6) is 0 Å². The summed E-state index contributed by atoms with van der Waals surface area (Å²) in [4.78, 5) is 10.8. The number of amides is 1. The van der Waals surface area contributed by atoms with Gasteiger partial charge in [-0.2, -0.15) is 8.42 Å². The Bertz CT molecular complexity index is 491. The topological polar surface area (TPSA) is 72.5 Å². The summed E-state index contributed by atoms with van der Waals surface area (Å²) in [6.45, 7) is -0.384. The maximum atomic E-state index is 13.0. The normalized spacial score (nSPS) is 10.9. The van der Waals surface area contributed by atoms with Gasteiger partial charge in [0.2, 0.25) is 0 Å². The summed E-state index contributed by atoms with van der Waals surface area (Å²) < 4.78 is 39.6. The number of hydrogen-bond acceptors (Lipinski definition) is 4. The average Bonchev–Trinajstić information content (AvgIpc) is 2.14. The Morgan fingerprint density at radius 1 is 1.44 bits per heavy atom. The lowest BCUT2D eigenvalue weighted by Gasteiger charge is -2.05. The zero-order valence-electron chi connectivity index (χ0n) is 7.81. The van der Waals surface area contributed by atoms with E-state index in [1.807, 2.05) is 0 Å². The van der Waals surface area contributed by atoms with Gasteiger partial charge in [-0.25, -0.2) is 13.9 Å². The lowest BCUT2D eigenvalue weighted by Crippen LogP contribution is -2.27. The van der Waals surface area contributed by atoms with Crippen molar-refractivity contribution in [3.8, 4) is 0 Å². The highest BCUT2D eigenvalue weighted by Gasteiger charge is 2.12. The summed E-state index contributed by atoms with van der Waals surface area (Å²) in [5, 5.41) is 0. The smallest absolute Gasteiger partial charge is 0.422 e. The van der Waals surface area contributed by atoms with Crippen LogP contribution in [0.25, 0.3) is 0 Å². The zero-order valence-corrected chi connectivity index (χ0v) is 9.39. The number of nitrogens with one attached hydrogen (secondary N) is 1. The Morgan fingerprint density at radius 3 is 2.62 bits per heavy atom. The van der Waals surface area contributed by atoms with E-state index in [2.05, 4.69) is 4.74 Å². The van der Waals surface area contributed by atoms with E-state index in [9.17, 15) is 17.6 Å². The summed E-state index contributed by atoms with van der Waals surface area (Å²) in [6, 6.07) is 5.62. The van der Waals surface area contributed by atoms with Gasteiger partial charge < -0.3 is 4.74 Å². The van der Waals surface area contributed by atoms with E-state index >= 15 is 0 Å². The number of carbonyl (C=O) groups is 1. The molecular formula is C8H7ClFNO4S. The van der Waals surface area contributed by atoms with Crippen LogP contribution in [0.4, 0.5) is 9.18 Å². The molecule has 0 spiro atoms. The minimum absolute atomic E-state index is 0.129. The van der Waals surface area contributed by atoms with Gasteiger partial charge in [-0.3, -0.25) is 0 Å². The molecule has 0 fully saturated rings. The van der Waals surface area contributed by atoms with Crippen LogP contribution in [0.15, 0.2) is 24.3 Å². The molecule has 5 nitrogen and oxygen atoms in total. The van der Waals surface area contributed by atoms with Gasteiger partial charge in [0, 0.05) is 16.2 Å². The Hall–Kier alpha value is -1.34. The Morgan fingerprint density at radius 2 is 2.06 bits per heavy atom. The van der Waals surface area contributed by atoms with E-state index < -0.39 is 21.1 Å². The van der Waals surface area contributed by atoms with Crippen LogP contribution < -0.4 is 4.72 Å². The van der Waals surface area contributed by atoms with Gasteiger partial charge in [0.25, 0.3) is 0 Å². The van der Waals surface area contributed by atoms with Gasteiger partial charge in [0.1, 0.15) is 12.4 Å². The third-order valence-corrected chi connectivity index (χ3v) is 2.16. The first kappa shape index (κ1) is 12.7. The number of halogens is 2. The van der Waals surface area contributed by atoms with Gasteiger partial charge in [-0.1, -0.05) is 18.2 Å². The molecule has 0 atom stereocenters. The zero-order chi connectivity index (χ0) is 12.2. The molecule has 0 saturated carbocycles. The molecule has 0 aliphatic heterocycles. The number of hydrogen-bond donors (Lipinski definition) is 1. The molecule has 0 aliphatic carbocycles. The van der Waals surface area contributed by atoms with Gasteiger partial charge >= 0.3 is 15.3 Å². The van der Waals surface area contributed by atoms with Crippen molar-refractivity contribution >= 4 is 26.0 Å². The van der Waals surface area contributed by atoms with Crippen LogP contribution in [0.3, 0.4) is 0 Å². The first-order valence-electron chi connectivity index (χ1n) is 4.01. The Kier molecular flexibility index (Phi) is 4.08. The molecule has 0 heterocycles. The Labute approximate surface area is 95.7 Å². The number of carbonyl (C=O) groups excluding carboxylic acids is 1. The highest BCUT2D eigenvalue weighted by atomic mass is 35.7. The van der Waals surface area contributed by atoms with Crippen molar-refractivity contribution in [3.63, 3.8) is 0 Å². The molecule has 0 saturated heterocycles. The molecule has 0 bridgehead atoms. The minimum atomic E-state index is -4.18. The first-order valence-corrected chi connectivity index (χ1v) is 6.32. The predicted molar refractivity (Wildman–Crippen MR) is 54.5 cm³/mol. The molecule has 1 rings (SSSR count). The van der Waals surface area contributed by atoms with E-state index in [4.69, 9.17) is 10.7 Å². The number of ether oxygens (including phenoxy) is 1. The van der Waals surface area contributed by atoms with Crippen LogP contribution in [0.2, 0.25) is 0 Å². The SMILES string of the molecule is O=C(NS(=O)(=O)Cl)OCc1ccccc1F. The fourth-order valence-corrected chi connectivity index (χ4v) is 1.33. The average molecular weight is 268 g/mol. The second-order valence-electron chi connectivity index (χ2n) is 2.71. The van der Waals surface area contributed by atoms with Crippen LogP contribution in [0, 0.1) is 5.82 Å². The second-order valence-corrected chi connectivity index (χ2v) is 5.01. The van der Waals surface area contributed by atoms with E-state index in [1.54, 1.807) is 6.07 Å². The lowest BCUT2D eigenvalue weighted by atomic mass is 10.2. The molecule has 0 aromatic heterocycles.